The first-order valence-corrected chi connectivity index (χ1v) is 9.49. The Kier molecular flexibility index (Phi) is 5.33. The third kappa shape index (κ3) is 3.82. The van der Waals surface area contributed by atoms with Gasteiger partial charge in [-0.15, -0.1) is 0 Å². The monoisotopic (exact) mass is 422 g/mol. The van der Waals surface area contributed by atoms with E-state index in [-0.39, 0.29) is 28.6 Å². The SMILES string of the molecule is Cc1c(C(=O)NCc2cccc(F)c2)c2cccc(F)c2c(=O)n1-c1ccc(F)cc1. The zero-order chi connectivity index (χ0) is 22.1. The summed E-state index contributed by atoms with van der Waals surface area (Å²) >= 11 is 0. The first-order valence-electron chi connectivity index (χ1n) is 9.49. The highest BCUT2D eigenvalue weighted by Gasteiger charge is 2.22. The van der Waals surface area contributed by atoms with Crippen LogP contribution in [0.5, 0.6) is 0 Å². The van der Waals surface area contributed by atoms with Crippen LogP contribution in [0.4, 0.5) is 13.2 Å². The van der Waals surface area contributed by atoms with Gasteiger partial charge in [-0.2, -0.15) is 0 Å². The minimum atomic E-state index is -0.766. The lowest BCUT2D eigenvalue weighted by Gasteiger charge is -2.17. The molecule has 0 unspecified atom stereocenters. The van der Waals surface area contributed by atoms with Gasteiger partial charge in [0.15, 0.2) is 0 Å². The van der Waals surface area contributed by atoms with Crippen molar-refractivity contribution in [2.24, 2.45) is 0 Å². The quantitative estimate of drug-likeness (QED) is 0.521. The number of halogens is 3. The molecule has 0 aliphatic heterocycles. The van der Waals surface area contributed by atoms with Crippen LogP contribution < -0.4 is 10.9 Å². The molecule has 0 bridgehead atoms. The predicted octanol–water partition coefficient (Wildman–Crippen LogP) is 4.65. The average molecular weight is 422 g/mol. The normalized spacial score (nSPS) is 11.0. The summed E-state index contributed by atoms with van der Waals surface area (Å²) in [6, 6.07) is 15.0. The third-order valence-corrected chi connectivity index (χ3v) is 5.05. The fourth-order valence-electron chi connectivity index (χ4n) is 3.63. The standard InChI is InChI=1S/C24H17F3N2O2/c1-14-21(23(30)28-13-15-4-2-5-17(26)12-15)19-6-3-7-20(27)22(19)24(31)29(14)18-10-8-16(25)9-11-18/h2-12H,13H2,1H3,(H,28,30). The van der Waals surface area contributed by atoms with Gasteiger partial charge >= 0.3 is 0 Å². The predicted molar refractivity (Wildman–Crippen MR) is 112 cm³/mol. The molecule has 1 amide bonds. The van der Waals surface area contributed by atoms with Gasteiger partial charge < -0.3 is 5.32 Å². The van der Waals surface area contributed by atoms with Crippen molar-refractivity contribution in [3.63, 3.8) is 0 Å². The Bertz CT molecular complexity index is 1360. The molecule has 0 aliphatic carbocycles. The Balaban J connectivity index is 1.87. The third-order valence-electron chi connectivity index (χ3n) is 5.05. The van der Waals surface area contributed by atoms with Gasteiger partial charge in [0.25, 0.3) is 11.5 Å². The molecule has 0 atom stereocenters. The minimum absolute atomic E-state index is 0.0442. The Labute approximate surface area is 175 Å². The van der Waals surface area contributed by atoms with Crippen molar-refractivity contribution in [1.82, 2.24) is 9.88 Å². The Morgan fingerprint density at radius 1 is 0.935 bits per heavy atom. The smallest absolute Gasteiger partial charge is 0.266 e. The number of rotatable bonds is 4. The molecule has 31 heavy (non-hydrogen) atoms. The van der Waals surface area contributed by atoms with Crippen molar-refractivity contribution < 1.29 is 18.0 Å². The topological polar surface area (TPSA) is 51.1 Å². The summed E-state index contributed by atoms with van der Waals surface area (Å²) in [4.78, 5) is 26.2. The van der Waals surface area contributed by atoms with Gasteiger partial charge in [0.2, 0.25) is 0 Å². The molecular weight excluding hydrogens is 405 g/mol. The zero-order valence-electron chi connectivity index (χ0n) is 16.5. The van der Waals surface area contributed by atoms with Crippen molar-refractivity contribution >= 4 is 16.7 Å². The maximum Gasteiger partial charge on any atom is 0.266 e. The molecule has 7 heteroatoms. The van der Waals surface area contributed by atoms with Crippen LogP contribution in [0.1, 0.15) is 21.6 Å². The lowest BCUT2D eigenvalue weighted by Crippen LogP contribution is -2.30. The van der Waals surface area contributed by atoms with Crippen molar-refractivity contribution in [3.05, 3.63) is 111 Å². The van der Waals surface area contributed by atoms with Crippen LogP contribution in [0.3, 0.4) is 0 Å². The summed E-state index contributed by atoms with van der Waals surface area (Å²) in [5, 5.41) is 2.62. The summed E-state index contributed by atoms with van der Waals surface area (Å²) < 4.78 is 42.6. The molecule has 4 nitrogen and oxygen atoms in total. The van der Waals surface area contributed by atoms with Crippen LogP contribution in [0.2, 0.25) is 0 Å². The number of hydrogen-bond donors (Lipinski definition) is 1. The molecule has 156 valence electrons. The number of amides is 1. The van der Waals surface area contributed by atoms with Crippen LogP contribution in [-0.4, -0.2) is 10.5 Å². The largest absolute Gasteiger partial charge is 0.348 e. The van der Waals surface area contributed by atoms with Crippen LogP contribution >= 0.6 is 0 Å². The van der Waals surface area contributed by atoms with Crippen molar-refractivity contribution in [1.29, 1.82) is 0 Å². The van der Waals surface area contributed by atoms with Crippen LogP contribution in [0.15, 0.2) is 71.5 Å². The molecule has 0 saturated heterocycles. The number of carbonyl (C=O) groups is 1. The van der Waals surface area contributed by atoms with E-state index in [0.717, 1.165) is 6.07 Å². The summed E-state index contributed by atoms with van der Waals surface area (Å²) in [7, 11) is 0. The Morgan fingerprint density at radius 2 is 1.65 bits per heavy atom. The molecular formula is C24H17F3N2O2. The number of hydrogen-bond acceptors (Lipinski definition) is 2. The summed E-state index contributed by atoms with van der Waals surface area (Å²) in [6.45, 7) is 1.61. The molecule has 0 radical (unpaired) electrons. The van der Waals surface area contributed by atoms with Crippen LogP contribution in [0, 0.1) is 24.4 Å². The van der Waals surface area contributed by atoms with E-state index in [1.807, 2.05) is 0 Å². The van der Waals surface area contributed by atoms with E-state index in [0.29, 0.717) is 11.3 Å². The molecule has 0 spiro atoms. The second-order valence-electron chi connectivity index (χ2n) is 7.05. The molecule has 4 rings (SSSR count). The lowest BCUT2D eigenvalue weighted by molar-refractivity contribution is 0.0951. The number of pyridine rings is 1. The molecule has 1 heterocycles. The first kappa shape index (κ1) is 20.4. The molecule has 1 aromatic heterocycles. The van der Waals surface area contributed by atoms with Crippen LogP contribution in [-0.2, 0) is 6.54 Å². The molecule has 0 saturated carbocycles. The number of nitrogens with zero attached hydrogens (tertiary/aromatic N) is 1. The van der Waals surface area contributed by atoms with Gasteiger partial charge in [-0.3, -0.25) is 14.2 Å². The fraction of sp³-hybridized carbons (Fsp3) is 0.0833. The number of nitrogens with one attached hydrogen (secondary N) is 1. The average Bonchev–Trinajstić information content (AvgIpc) is 2.73. The van der Waals surface area contributed by atoms with Gasteiger partial charge in [-0.1, -0.05) is 24.3 Å². The summed E-state index contributed by atoms with van der Waals surface area (Å²) in [5.41, 5.74) is 0.571. The zero-order valence-corrected chi connectivity index (χ0v) is 16.5. The lowest BCUT2D eigenvalue weighted by atomic mass is 10.0. The Hall–Kier alpha value is -3.87. The van der Waals surface area contributed by atoms with Gasteiger partial charge in [0.05, 0.1) is 10.9 Å². The molecule has 3 aromatic carbocycles. The number of fused-ring (bicyclic) bond motifs is 1. The van der Waals surface area contributed by atoms with Gasteiger partial charge in [0, 0.05) is 23.3 Å². The highest BCUT2D eigenvalue weighted by atomic mass is 19.1. The molecule has 4 aromatic rings. The van der Waals surface area contributed by atoms with Crippen molar-refractivity contribution in [2.75, 3.05) is 0 Å². The molecule has 0 fully saturated rings. The number of aromatic nitrogens is 1. The van der Waals surface area contributed by atoms with Gasteiger partial charge in [-0.05, 0) is 55.0 Å². The van der Waals surface area contributed by atoms with Crippen molar-refractivity contribution in [2.45, 2.75) is 13.5 Å². The van der Waals surface area contributed by atoms with Gasteiger partial charge in [0.1, 0.15) is 17.5 Å². The highest BCUT2D eigenvalue weighted by molar-refractivity contribution is 6.08. The molecule has 1 N–H and O–H groups in total. The van der Waals surface area contributed by atoms with Crippen LogP contribution in [0.25, 0.3) is 16.5 Å². The summed E-state index contributed by atoms with van der Waals surface area (Å²) in [6.07, 6.45) is 0. The number of benzene rings is 3. The fourth-order valence-corrected chi connectivity index (χ4v) is 3.63. The second kappa shape index (κ2) is 8.10. The molecule has 0 aliphatic rings. The minimum Gasteiger partial charge on any atom is -0.348 e. The second-order valence-corrected chi connectivity index (χ2v) is 7.05. The maximum absolute atomic E-state index is 14.6. The van der Waals surface area contributed by atoms with Crippen molar-refractivity contribution in [3.8, 4) is 5.69 Å². The van der Waals surface area contributed by atoms with E-state index >= 15 is 0 Å². The Morgan fingerprint density at radius 3 is 2.35 bits per heavy atom. The van der Waals surface area contributed by atoms with E-state index < -0.39 is 28.9 Å². The highest BCUT2D eigenvalue weighted by Crippen LogP contribution is 2.24. The van der Waals surface area contributed by atoms with Gasteiger partial charge in [-0.25, -0.2) is 13.2 Å². The van der Waals surface area contributed by atoms with E-state index in [1.54, 1.807) is 13.0 Å². The first-order chi connectivity index (χ1) is 14.9. The number of carbonyl (C=O) groups excluding carboxylic acids is 1. The van der Waals surface area contributed by atoms with E-state index in [2.05, 4.69) is 5.32 Å². The van der Waals surface area contributed by atoms with E-state index in [1.165, 1.54) is 59.2 Å². The van der Waals surface area contributed by atoms with E-state index in [4.69, 9.17) is 0 Å². The maximum atomic E-state index is 14.6. The van der Waals surface area contributed by atoms with E-state index in [9.17, 15) is 22.8 Å². The summed E-state index contributed by atoms with van der Waals surface area (Å²) in [5.74, 6) is -2.24.